The van der Waals surface area contributed by atoms with Gasteiger partial charge in [-0.1, -0.05) is 26.7 Å². The highest BCUT2D eigenvalue weighted by Crippen LogP contribution is 2.30. The van der Waals surface area contributed by atoms with Crippen LogP contribution in [0.1, 0.15) is 39.3 Å². The van der Waals surface area contributed by atoms with E-state index in [1.54, 1.807) is 0 Å². The van der Waals surface area contributed by atoms with Crippen LogP contribution in [0.2, 0.25) is 0 Å². The Hall–Kier alpha value is -1.57. The lowest BCUT2D eigenvalue weighted by Gasteiger charge is -2.23. The zero-order valence-corrected chi connectivity index (χ0v) is 11.8. The standard InChI is InChI=1S/C12H20F3N5/c1-4-8(5-2)7(3)17-10-6-9(12(13,14)15)18-11(19-10)20-16/h6-8H,4-5,16H2,1-3H3,(H2,17,18,19,20). The molecule has 0 aliphatic carbocycles. The van der Waals surface area contributed by atoms with Gasteiger partial charge in [0.15, 0.2) is 5.69 Å². The first-order valence-corrected chi connectivity index (χ1v) is 6.51. The Morgan fingerprint density at radius 3 is 2.30 bits per heavy atom. The molecule has 0 saturated heterocycles. The number of hydrazine groups is 1. The van der Waals surface area contributed by atoms with Gasteiger partial charge < -0.3 is 5.32 Å². The van der Waals surface area contributed by atoms with Crippen LogP contribution in [0.4, 0.5) is 24.9 Å². The molecule has 1 heterocycles. The highest BCUT2D eigenvalue weighted by molar-refractivity contribution is 5.43. The van der Waals surface area contributed by atoms with Crippen molar-refractivity contribution >= 4 is 11.8 Å². The van der Waals surface area contributed by atoms with E-state index in [1.807, 2.05) is 26.2 Å². The van der Waals surface area contributed by atoms with Crippen LogP contribution < -0.4 is 16.6 Å². The number of nitrogens with zero attached hydrogens (tertiary/aromatic N) is 2. The Balaban J connectivity index is 3.00. The third-order valence-electron chi connectivity index (χ3n) is 3.28. The van der Waals surface area contributed by atoms with Gasteiger partial charge in [0.2, 0.25) is 5.95 Å². The molecule has 0 radical (unpaired) electrons. The highest BCUT2D eigenvalue weighted by Gasteiger charge is 2.34. The molecule has 5 nitrogen and oxygen atoms in total. The van der Waals surface area contributed by atoms with E-state index in [4.69, 9.17) is 5.84 Å². The molecule has 1 rings (SSSR count). The predicted octanol–water partition coefficient (Wildman–Crippen LogP) is 3.02. The first-order chi connectivity index (χ1) is 9.31. The van der Waals surface area contributed by atoms with Crippen LogP contribution in [0.25, 0.3) is 0 Å². The largest absolute Gasteiger partial charge is 0.433 e. The maximum Gasteiger partial charge on any atom is 0.433 e. The fraction of sp³-hybridized carbons (Fsp3) is 0.667. The summed E-state index contributed by atoms with van der Waals surface area (Å²) < 4.78 is 38.2. The summed E-state index contributed by atoms with van der Waals surface area (Å²) in [5.74, 6) is 5.30. The quantitative estimate of drug-likeness (QED) is 0.555. The summed E-state index contributed by atoms with van der Waals surface area (Å²) in [5.41, 5.74) is 1.02. The van der Waals surface area contributed by atoms with Crippen molar-refractivity contribution in [3.8, 4) is 0 Å². The summed E-state index contributed by atoms with van der Waals surface area (Å²) in [6.07, 6.45) is -2.67. The second-order valence-corrected chi connectivity index (χ2v) is 4.61. The Kier molecular flexibility index (Phi) is 5.55. The van der Waals surface area contributed by atoms with E-state index in [0.717, 1.165) is 18.9 Å². The number of nitrogens with one attached hydrogen (secondary N) is 2. The van der Waals surface area contributed by atoms with Crippen LogP contribution in [0.5, 0.6) is 0 Å². The van der Waals surface area contributed by atoms with E-state index < -0.39 is 11.9 Å². The molecular weight excluding hydrogens is 271 g/mol. The molecule has 0 bridgehead atoms. The van der Waals surface area contributed by atoms with Crippen molar-refractivity contribution in [2.45, 2.75) is 45.8 Å². The monoisotopic (exact) mass is 291 g/mol. The number of anilines is 2. The summed E-state index contributed by atoms with van der Waals surface area (Å²) in [4.78, 5) is 7.20. The van der Waals surface area contributed by atoms with Crippen molar-refractivity contribution in [2.24, 2.45) is 11.8 Å². The predicted molar refractivity (Wildman–Crippen MR) is 72.0 cm³/mol. The van der Waals surface area contributed by atoms with Crippen molar-refractivity contribution in [3.05, 3.63) is 11.8 Å². The molecule has 0 fully saturated rings. The Morgan fingerprint density at radius 2 is 1.85 bits per heavy atom. The minimum Gasteiger partial charge on any atom is -0.367 e. The summed E-state index contributed by atoms with van der Waals surface area (Å²) in [7, 11) is 0. The van der Waals surface area contributed by atoms with Crippen molar-refractivity contribution in [1.29, 1.82) is 0 Å². The van der Waals surface area contributed by atoms with Crippen LogP contribution in [0.3, 0.4) is 0 Å². The Bertz CT molecular complexity index is 432. The average molecular weight is 291 g/mol. The molecule has 20 heavy (non-hydrogen) atoms. The Labute approximate surface area is 116 Å². The van der Waals surface area contributed by atoms with Gasteiger partial charge in [-0.05, 0) is 12.8 Å². The lowest BCUT2D eigenvalue weighted by atomic mass is 9.95. The number of hydrogen-bond acceptors (Lipinski definition) is 5. The summed E-state index contributed by atoms with van der Waals surface area (Å²) >= 11 is 0. The van der Waals surface area contributed by atoms with Gasteiger partial charge in [-0.15, -0.1) is 0 Å². The van der Waals surface area contributed by atoms with Gasteiger partial charge in [0.25, 0.3) is 0 Å². The fourth-order valence-corrected chi connectivity index (χ4v) is 2.08. The molecule has 0 spiro atoms. The SMILES string of the molecule is CCC(CC)C(C)Nc1cc(C(F)(F)F)nc(NN)n1. The van der Waals surface area contributed by atoms with Crippen LogP contribution in [-0.4, -0.2) is 16.0 Å². The molecule has 1 aromatic heterocycles. The first kappa shape index (κ1) is 16.5. The summed E-state index contributed by atoms with van der Waals surface area (Å²) in [6, 6.07) is 0.895. The van der Waals surface area contributed by atoms with Crippen LogP contribution in [0.15, 0.2) is 6.07 Å². The van der Waals surface area contributed by atoms with Gasteiger partial charge in [-0.2, -0.15) is 18.2 Å². The molecule has 1 aromatic rings. The zero-order chi connectivity index (χ0) is 15.3. The van der Waals surface area contributed by atoms with Crippen molar-refractivity contribution in [1.82, 2.24) is 9.97 Å². The minimum absolute atomic E-state index is 0.00612. The highest BCUT2D eigenvalue weighted by atomic mass is 19.4. The van der Waals surface area contributed by atoms with Crippen LogP contribution in [0, 0.1) is 5.92 Å². The smallest absolute Gasteiger partial charge is 0.367 e. The van der Waals surface area contributed by atoms with Gasteiger partial charge in [0.1, 0.15) is 5.82 Å². The van der Waals surface area contributed by atoms with Crippen LogP contribution >= 0.6 is 0 Å². The molecule has 8 heteroatoms. The molecule has 4 N–H and O–H groups in total. The number of aromatic nitrogens is 2. The van der Waals surface area contributed by atoms with Crippen LogP contribution in [-0.2, 0) is 6.18 Å². The molecule has 114 valence electrons. The first-order valence-electron chi connectivity index (χ1n) is 6.51. The second-order valence-electron chi connectivity index (χ2n) is 4.61. The topological polar surface area (TPSA) is 75.9 Å². The van der Waals surface area contributed by atoms with Gasteiger partial charge >= 0.3 is 6.18 Å². The number of nitrogen functional groups attached to an aromatic ring is 1. The lowest BCUT2D eigenvalue weighted by Crippen LogP contribution is -2.26. The van der Waals surface area contributed by atoms with Crippen molar-refractivity contribution in [3.63, 3.8) is 0 Å². The van der Waals surface area contributed by atoms with E-state index in [2.05, 4.69) is 15.3 Å². The molecule has 1 unspecified atom stereocenters. The lowest BCUT2D eigenvalue weighted by molar-refractivity contribution is -0.141. The molecule has 0 amide bonds. The van der Waals surface area contributed by atoms with Gasteiger partial charge in [-0.25, -0.2) is 10.8 Å². The van der Waals surface area contributed by atoms with E-state index in [9.17, 15) is 13.2 Å². The van der Waals surface area contributed by atoms with Gasteiger partial charge in [-0.3, -0.25) is 5.43 Å². The summed E-state index contributed by atoms with van der Waals surface area (Å²) in [5, 5.41) is 2.98. The third-order valence-corrected chi connectivity index (χ3v) is 3.28. The van der Waals surface area contributed by atoms with Crippen molar-refractivity contribution < 1.29 is 13.2 Å². The number of nitrogens with two attached hydrogens (primary N) is 1. The molecule has 0 aliphatic rings. The molecule has 1 atom stereocenters. The fourth-order valence-electron chi connectivity index (χ4n) is 2.08. The van der Waals surface area contributed by atoms with Gasteiger partial charge in [0.05, 0.1) is 0 Å². The normalized spacial score (nSPS) is 13.4. The Morgan fingerprint density at radius 1 is 1.25 bits per heavy atom. The van der Waals surface area contributed by atoms with E-state index in [-0.39, 0.29) is 17.8 Å². The van der Waals surface area contributed by atoms with E-state index >= 15 is 0 Å². The molecule has 0 saturated carbocycles. The van der Waals surface area contributed by atoms with E-state index in [0.29, 0.717) is 5.92 Å². The molecular formula is C12H20F3N5. The molecule has 0 aromatic carbocycles. The molecule has 0 aliphatic heterocycles. The maximum absolute atomic E-state index is 12.7. The minimum atomic E-state index is -4.54. The maximum atomic E-state index is 12.7. The second kappa shape index (κ2) is 6.74. The average Bonchev–Trinajstić information content (AvgIpc) is 2.38. The number of hydrogen-bond donors (Lipinski definition) is 3. The number of halogens is 3. The number of alkyl halides is 3. The summed E-state index contributed by atoms with van der Waals surface area (Å²) in [6.45, 7) is 6.00. The number of rotatable bonds is 6. The van der Waals surface area contributed by atoms with E-state index in [1.165, 1.54) is 0 Å². The van der Waals surface area contributed by atoms with Crippen molar-refractivity contribution in [2.75, 3.05) is 10.7 Å². The zero-order valence-electron chi connectivity index (χ0n) is 11.8. The van der Waals surface area contributed by atoms with Gasteiger partial charge in [0, 0.05) is 12.1 Å². The third kappa shape index (κ3) is 4.22.